The minimum atomic E-state index is -0.803. The van der Waals surface area contributed by atoms with Crippen LogP contribution >= 0.6 is 12.6 Å². The van der Waals surface area contributed by atoms with Crippen LogP contribution in [0.25, 0.3) is 0 Å². The molecule has 0 aromatic rings. The second-order valence-electron chi connectivity index (χ2n) is 2.08. The highest BCUT2D eigenvalue weighted by molar-refractivity contribution is 7.81. The van der Waals surface area contributed by atoms with Crippen molar-refractivity contribution in [2.24, 2.45) is 5.92 Å². The maximum atomic E-state index is 10.4. The molecule has 10 heavy (non-hydrogen) atoms. The summed E-state index contributed by atoms with van der Waals surface area (Å²) in [7, 11) is 0. The monoisotopic (exact) mass is 160 g/mol. The summed E-state index contributed by atoms with van der Waals surface area (Å²) in [6.45, 7) is 5.30. The number of carbonyl (C=O) groups is 1. The van der Waals surface area contributed by atoms with Gasteiger partial charge in [0.1, 0.15) is 0 Å². The first-order valence-electron chi connectivity index (χ1n) is 3.16. The fraction of sp³-hybridized carbons (Fsp3) is 0.571. The van der Waals surface area contributed by atoms with Gasteiger partial charge in [0.25, 0.3) is 0 Å². The number of carboxylic acids is 1. The molecule has 0 saturated heterocycles. The predicted molar refractivity (Wildman–Crippen MR) is 44.4 cm³/mol. The van der Waals surface area contributed by atoms with Gasteiger partial charge in [0, 0.05) is 5.25 Å². The van der Waals surface area contributed by atoms with E-state index >= 15 is 0 Å². The molecule has 0 aromatic heterocycles. The lowest BCUT2D eigenvalue weighted by atomic mass is 10.0. The van der Waals surface area contributed by atoms with Crippen LogP contribution in [0.2, 0.25) is 0 Å². The standard InChI is InChI=1S/C7H12O2S/c1-3-5(7(8)9)6(10)4-2/h4-6,10H,2-3H2,1H3,(H,8,9). The van der Waals surface area contributed by atoms with Crippen LogP contribution in [0.15, 0.2) is 12.7 Å². The molecule has 0 amide bonds. The topological polar surface area (TPSA) is 37.3 Å². The Morgan fingerprint density at radius 3 is 2.50 bits per heavy atom. The van der Waals surface area contributed by atoms with Gasteiger partial charge < -0.3 is 5.11 Å². The summed E-state index contributed by atoms with van der Waals surface area (Å²) in [4.78, 5) is 10.4. The van der Waals surface area contributed by atoms with Crippen molar-refractivity contribution >= 4 is 18.6 Å². The predicted octanol–water partition coefficient (Wildman–Crippen LogP) is 1.58. The summed E-state index contributed by atoms with van der Waals surface area (Å²) >= 11 is 4.05. The van der Waals surface area contributed by atoms with E-state index in [9.17, 15) is 4.79 Å². The van der Waals surface area contributed by atoms with Gasteiger partial charge in [0.2, 0.25) is 0 Å². The maximum absolute atomic E-state index is 10.4. The minimum absolute atomic E-state index is 0.234. The molecular formula is C7H12O2S. The molecule has 0 rings (SSSR count). The van der Waals surface area contributed by atoms with E-state index in [4.69, 9.17) is 5.11 Å². The molecule has 0 fully saturated rings. The van der Waals surface area contributed by atoms with Crippen LogP contribution in [0.3, 0.4) is 0 Å². The molecule has 2 nitrogen and oxygen atoms in total. The maximum Gasteiger partial charge on any atom is 0.307 e. The van der Waals surface area contributed by atoms with E-state index in [1.54, 1.807) is 6.08 Å². The zero-order valence-corrected chi connectivity index (χ0v) is 6.84. The first-order valence-corrected chi connectivity index (χ1v) is 3.68. The molecular weight excluding hydrogens is 148 g/mol. The summed E-state index contributed by atoms with van der Waals surface area (Å²) in [6, 6.07) is 0. The number of thiol groups is 1. The molecule has 0 heterocycles. The highest BCUT2D eigenvalue weighted by Crippen LogP contribution is 2.14. The molecule has 0 aromatic carbocycles. The third kappa shape index (κ3) is 2.43. The van der Waals surface area contributed by atoms with Crippen molar-refractivity contribution in [3.05, 3.63) is 12.7 Å². The SMILES string of the molecule is C=CC(S)C(CC)C(=O)O. The quantitative estimate of drug-likeness (QED) is 0.484. The fourth-order valence-corrected chi connectivity index (χ4v) is 1.06. The number of aliphatic carboxylic acids is 1. The van der Waals surface area contributed by atoms with Crippen molar-refractivity contribution < 1.29 is 9.90 Å². The number of carboxylic acid groups (broad SMARTS) is 1. The average molecular weight is 160 g/mol. The van der Waals surface area contributed by atoms with Crippen LogP contribution in [0.4, 0.5) is 0 Å². The van der Waals surface area contributed by atoms with Crippen molar-refractivity contribution in [3.63, 3.8) is 0 Å². The lowest BCUT2D eigenvalue weighted by Gasteiger charge is -2.12. The van der Waals surface area contributed by atoms with E-state index < -0.39 is 11.9 Å². The third-order valence-corrected chi connectivity index (χ3v) is 1.98. The van der Waals surface area contributed by atoms with E-state index in [-0.39, 0.29) is 5.25 Å². The molecule has 0 bridgehead atoms. The lowest BCUT2D eigenvalue weighted by molar-refractivity contribution is -0.141. The zero-order valence-electron chi connectivity index (χ0n) is 5.95. The summed E-state index contributed by atoms with van der Waals surface area (Å²) in [5, 5.41) is 8.34. The second-order valence-corrected chi connectivity index (χ2v) is 2.68. The Balaban J connectivity index is 4.05. The van der Waals surface area contributed by atoms with Crippen LogP contribution < -0.4 is 0 Å². The van der Waals surface area contributed by atoms with Gasteiger partial charge in [-0.3, -0.25) is 4.79 Å². The average Bonchev–Trinajstić information content (AvgIpc) is 1.88. The largest absolute Gasteiger partial charge is 0.481 e. The van der Waals surface area contributed by atoms with E-state index in [1.807, 2.05) is 6.92 Å². The molecule has 2 atom stereocenters. The van der Waals surface area contributed by atoms with Crippen LogP contribution in [0.5, 0.6) is 0 Å². The fourth-order valence-electron chi connectivity index (χ4n) is 0.726. The minimum Gasteiger partial charge on any atom is -0.481 e. The molecule has 58 valence electrons. The van der Waals surface area contributed by atoms with Crippen molar-refractivity contribution in [1.82, 2.24) is 0 Å². The lowest BCUT2D eigenvalue weighted by Crippen LogP contribution is -2.21. The van der Waals surface area contributed by atoms with E-state index in [0.29, 0.717) is 6.42 Å². The molecule has 0 aliphatic heterocycles. The van der Waals surface area contributed by atoms with Crippen molar-refractivity contribution in [3.8, 4) is 0 Å². The zero-order chi connectivity index (χ0) is 8.15. The molecule has 1 N–H and O–H groups in total. The summed E-state index contributed by atoms with van der Waals surface area (Å²) < 4.78 is 0. The Bertz CT molecular complexity index is 134. The van der Waals surface area contributed by atoms with Gasteiger partial charge >= 0.3 is 5.97 Å². The van der Waals surface area contributed by atoms with E-state index in [2.05, 4.69) is 19.2 Å². The Kier molecular flexibility index (Phi) is 4.19. The first kappa shape index (κ1) is 9.56. The Labute approximate surface area is 66.4 Å². The molecule has 0 aliphatic carbocycles. The van der Waals surface area contributed by atoms with Gasteiger partial charge in [0.15, 0.2) is 0 Å². The van der Waals surface area contributed by atoms with Crippen LogP contribution in [-0.2, 0) is 4.79 Å². The third-order valence-electron chi connectivity index (χ3n) is 1.41. The van der Waals surface area contributed by atoms with E-state index in [1.165, 1.54) is 0 Å². The molecule has 0 radical (unpaired) electrons. The van der Waals surface area contributed by atoms with Crippen LogP contribution in [-0.4, -0.2) is 16.3 Å². The molecule has 0 aliphatic rings. The van der Waals surface area contributed by atoms with Crippen molar-refractivity contribution in [2.75, 3.05) is 0 Å². The number of rotatable bonds is 4. The first-order chi connectivity index (χ1) is 4.63. The Hall–Kier alpha value is -0.440. The van der Waals surface area contributed by atoms with Crippen molar-refractivity contribution in [1.29, 1.82) is 0 Å². The van der Waals surface area contributed by atoms with Crippen molar-refractivity contribution in [2.45, 2.75) is 18.6 Å². The molecule has 2 unspecified atom stereocenters. The van der Waals surface area contributed by atoms with Gasteiger partial charge in [-0.05, 0) is 6.42 Å². The van der Waals surface area contributed by atoms with Gasteiger partial charge in [-0.1, -0.05) is 13.0 Å². The van der Waals surface area contributed by atoms with Crippen LogP contribution in [0, 0.1) is 5.92 Å². The highest BCUT2D eigenvalue weighted by Gasteiger charge is 2.20. The van der Waals surface area contributed by atoms with Gasteiger partial charge in [-0.25, -0.2) is 0 Å². The number of hydrogen-bond donors (Lipinski definition) is 2. The van der Waals surface area contributed by atoms with Gasteiger partial charge in [-0.2, -0.15) is 12.6 Å². The van der Waals surface area contributed by atoms with E-state index in [0.717, 1.165) is 0 Å². The normalized spacial score (nSPS) is 15.8. The van der Waals surface area contributed by atoms with Crippen LogP contribution in [0.1, 0.15) is 13.3 Å². The highest BCUT2D eigenvalue weighted by atomic mass is 32.1. The summed E-state index contributed by atoms with van der Waals surface area (Å²) in [5.41, 5.74) is 0. The Morgan fingerprint density at radius 1 is 1.90 bits per heavy atom. The second kappa shape index (κ2) is 4.39. The summed E-state index contributed by atoms with van der Waals surface area (Å²) in [5.74, 6) is -1.21. The molecule has 3 heteroatoms. The summed E-state index contributed by atoms with van der Waals surface area (Å²) in [6.07, 6.45) is 2.14. The number of hydrogen-bond acceptors (Lipinski definition) is 2. The molecule has 0 spiro atoms. The molecule has 0 saturated carbocycles. The van der Waals surface area contributed by atoms with Gasteiger partial charge in [-0.15, -0.1) is 6.58 Å². The van der Waals surface area contributed by atoms with Gasteiger partial charge in [0.05, 0.1) is 5.92 Å². The Morgan fingerprint density at radius 2 is 2.40 bits per heavy atom. The smallest absolute Gasteiger partial charge is 0.307 e.